The lowest BCUT2D eigenvalue weighted by molar-refractivity contribution is -0.120. The number of sulfone groups is 1. The van der Waals surface area contributed by atoms with Gasteiger partial charge in [-0.1, -0.05) is 30.3 Å². The first-order valence-corrected chi connectivity index (χ1v) is 10.2. The summed E-state index contributed by atoms with van der Waals surface area (Å²) in [5.41, 5.74) is 1.28. The number of nitrogens with zero attached hydrogens (tertiary/aromatic N) is 5. The van der Waals surface area contributed by atoms with Crippen LogP contribution in [-0.4, -0.2) is 44.3 Å². The molecule has 0 unspecified atom stereocenters. The standard InChI is InChI=1S/C18H20N6O3S/c1-3-24-16(15-12-19-9-10-20-15)22-23-18(24)28(26,27)13(2)17(25)21-11-14-7-5-4-6-8-14/h4-10,12-13H,3,11H2,1-2H3,(H,21,25)/t13-/m1/s1. The van der Waals surface area contributed by atoms with Gasteiger partial charge in [-0.2, -0.15) is 0 Å². The number of nitrogens with one attached hydrogen (secondary N) is 1. The molecule has 0 spiro atoms. The third kappa shape index (κ3) is 3.91. The summed E-state index contributed by atoms with van der Waals surface area (Å²) in [6.45, 7) is 3.64. The van der Waals surface area contributed by atoms with Gasteiger partial charge in [0.25, 0.3) is 5.16 Å². The Morgan fingerprint density at radius 1 is 1.18 bits per heavy atom. The Balaban J connectivity index is 1.84. The second-order valence-corrected chi connectivity index (χ2v) is 8.19. The van der Waals surface area contributed by atoms with Crippen LogP contribution in [0.4, 0.5) is 0 Å². The molecule has 9 nitrogen and oxygen atoms in total. The number of carbonyl (C=O) groups excluding carboxylic acids is 1. The lowest BCUT2D eigenvalue weighted by atomic mass is 10.2. The summed E-state index contributed by atoms with van der Waals surface area (Å²) < 4.78 is 27.4. The van der Waals surface area contributed by atoms with Gasteiger partial charge in [0.2, 0.25) is 15.7 Å². The zero-order valence-corrected chi connectivity index (χ0v) is 16.3. The molecule has 3 aromatic rings. The number of benzene rings is 1. The lowest BCUT2D eigenvalue weighted by Crippen LogP contribution is -2.38. The fourth-order valence-electron chi connectivity index (χ4n) is 2.62. The number of amides is 1. The van der Waals surface area contributed by atoms with Crippen LogP contribution in [-0.2, 0) is 27.7 Å². The molecule has 1 aromatic carbocycles. The van der Waals surface area contributed by atoms with Gasteiger partial charge in [0, 0.05) is 25.5 Å². The number of carbonyl (C=O) groups is 1. The number of hydrogen-bond donors (Lipinski definition) is 1. The number of rotatable bonds is 7. The predicted octanol–water partition coefficient (Wildman–Crippen LogP) is 1.23. The second-order valence-electron chi connectivity index (χ2n) is 6.03. The maximum Gasteiger partial charge on any atom is 0.250 e. The van der Waals surface area contributed by atoms with Crippen LogP contribution in [0, 0.1) is 0 Å². The highest BCUT2D eigenvalue weighted by molar-refractivity contribution is 7.92. The normalized spacial score (nSPS) is 12.5. The van der Waals surface area contributed by atoms with Crippen molar-refractivity contribution in [2.75, 3.05) is 0 Å². The van der Waals surface area contributed by atoms with Gasteiger partial charge in [0.1, 0.15) is 10.9 Å². The summed E-state index contributed by atoms with van der Waals surface area (Å²) in [6, 6.07) is 9.25. The molecule has 0 aliphatic carbocycles. The minimum absolute atomic E-state index is 0.241. The first kappa shape index (κ1) is 19.6. The van der Waals surface area contributed by atoms with Crippen molar-refractivity contribution >= 4 is 15.7 Å². The van der Waals surface area contributed by atoms with Crippen LogP contribution in [0.1, 0.15) is 19.4 Å². The summed E-state index contributed by atoms with van der Waals surface area (Å²) in [5.74, 6) is -0.318. The number of aromatic nitrogens is 5. The lowest BCUT2D eigenvalue weighted by Gasteiger charge is -2.14. The van der Waals surface area contributed by atoms with E-state index in [-0.39, 0.29) is 17.5 Å². The fraction of sp³-hybridized carbons (Fsp3) is 0.278. The largest absolute Gasteiger partial charge is 0.351 e. The topological polar surface area (TPSA) is 120 Å². The van der Waals surface area contributed by atoms with Gasteiger partial charge in [-0.25, -0.2) is 13.4 Å². The molecular weight excluding hydrogens is 380 g/mol. The van der Waals surface area contributed by atoms with E-state index in [2.05, 4.69) is 25.5 Å². The van der Waals surface area contributed by atoms with E-state index in [0.717, 1.165) is 5.56 Å². The maximum atomic E-state index is 13.0. The average molecular weight is 400 g/mol. The summed E-state index contributed by atoms with van der Waals surface area (Å²) >= 11 is 0. The molecule has 0 bridgehead atoms. The molecule has 2 heterocycles. The quantitative estimate of drug-likeness (QED) is 0.633. The Hall–Kier alpha value is -3.14. The highest BCUT2D eigenvalue weighted by Gasteiger charge is 2.35. The summed E-state index contributed by atoms with van der Waals surface area (Å²) in [7, 11) is -4.04. The van der Waals surface area contributed by atoms with Gasteiger partial charge < -0.3 is 5.32 Å². The molecule has 1 N–H and O–H groups in total. The molecule has 1 atom stereocenters. The Labute approximate surface area is 162 Å². The monoisotopic (exact) mass is 400 g/mol. The average Bonchev–Trinajstić information content (AvgIpc) is 3.18. The van der Waals surface area contributed by atoms with Crippen LogP contribution in [0.2, 0.25) is 0 Å². The Bertz CT molecular complexity index is 1050. The molecule has 0 saturated heterocycles. The van der Waals surface area contributed by atoms with E-state index in [4.69, 9.17) is 0 Å². The molecule has 0 radical (unpaired) electrons. The minimum atomic E-state index is -4.04. The summed E-state index contributed by atoms with van der Waals surface area (Å²) in [4.78, 5) is 20.5. The van der Waals surface area contributed by atoms with E-state index in [1.807, 2.05) is 30.3 Å². The molecule has 2 aromatic heterocycles. The Morgan fingerprint density at radius 3 is 2.57 bits per heavy atom. The molecule has 0 saturated carbocycles. The molecule has 10 heteroatoms. The molecule has 0 aliphatic heterocycles. The summed E-state index contributed by atoms with van der Waals surface area (Å²) in [6.07, 6.45) is 4.47. The zero-order chi connectivity index (χ0) is 20.1. The van der Waals surface area contributed by atoms with Crippen molar-refractivity contribution in [3.63, 3.8) is 0 Å². The van der Waals surface area contributed by atoms with Crippen LogP contribution in [0.15, 0.2) is 54.1 Å². The SMILES string of the molecule is CCn1c(-c2cnccn2)nnc1S(=O)(=O)[C@H](C)C(=O)NCc1ccccc1. The molecule has 0 fully saturated rings. The maximum absolute atomic E-state index is 13.0. The molecule has 0 aliphatic rings. The van der Waals surface area contributed by atoms with Crippen LogP contribution in [0.5, 0.6) is 0 Å². The van der Waals surface area contributed by atoms with Crippen molar-refractivity contribution in [2.24, 2.45) is 0 Å². The molecule has 146 valence electrons. The van der Waals surface area contributed by atoms with Crippen molar-refractivity contribution in [3.8, 4) is 11.5 Å². The van der Waals surface area contributed by atoms with Gasteiger partial charge in [-0.15, -0.1) is 10.2 Å². The van der Waals surface area contributed by atoms with Crippen molar-refractivity contribution < 1.29 is 13.2 Å². The van der Waals surface area contributed by atoms with Gasteiger partial charge in [-0.05, 0) is 19.4 Å². The summed E-state index contributed by atoms with van der Waals surface area (Å²) in [5, 5.41) is 8.86. The third-order valence-electron chi connectivity index (χ3n) is 4.22. The van der Waals surface area contributed by atoms with Gasteiger partial charge in [0.05, 0.1) is 6.20 Å². The van der Waals surface area contributed by atoms with Crippen LogP contribution >= 0.6 is 0 Å². The van der Waals surface area contributed by atoms with E-state index >= 15 is 0 Å². The van der Waals surface area contributed by atoms with Crippen molar-refractivity contribution in [3.05, 3.63) is 54.5 Å². The van der Waals surface area contributed by atoms with Crippen LogP contribution < -0.4 is 5.32 Å². The van der Waals surface area contributed by atoms with E-state index in [0.29, 0.717) is 12.2 Å². The first-order chi connectivity index (χ1) is 13.4. The van der Waals surface area contributed by atoms with Gasteiger partial charge in [-0.3, -0.25) is 14.3 Å². The third-order valence-corrected chi connectivity index (χ3v) is 6.18. The van der Waals surface area contributed by atoms with Crippen molar-refractivity contribution in [1.29, 1.82) is 0 Å². The van der Waals surface area contributed by atoms with Crippen molar-refractivity contribution in [1.82, 2.24) is 30.0 Å². The number of hydrogen-bond acceptors (Lipinski definition) is 7. The molecule has 1 amide bonds. The second kappa shape index (κ2) is 8.26. The van der Waals surface area contributed by atoms with Gasteiger partial charge in [0.15, 0.2) is 5.82 Å². The van der Waals surface area contributed by atoms with Crippen LogP contribution in [0.3, 0.4) is 0 Å². The van der Waals surface area contributed by atoms with E-state index in [9.17, 15) is 13.2 Å². The molecule has 28 heavy (non-hydrogen) atoms. The molecular formula is C18H20N6O3S. The Morgan fingerprint density at radius 2 is 1.93 bits per heavy atom. The highest BCUT2D eigenvalue weighted by atomic mass is 32.2. The Kier molecular flexibility index (Phi) is 5.78. The van der Waals surface area contributed by atoms with Crippen LogP contribution in [0.25, 0.3) is 11.5 Å². The first-order valence-electron chi connectivity index (χ1n) is 8.70. The van der Waals surface area contributed by atoms with E-state index in [1.54, 1.807) is 6.92 Å². The van der Waals surface area contributed by atoms with E-state index in [1.165, 1.54) is 30.1 Å². The predicted molar refractivity (Wildman–Crippen MR) is 102 cm³/mol. The van der Waals surface area contributed by atoms with Crippen molar-refractivity contribution in [2.45, 2.75) is 37.3 Å². The van der Waals surface area contributed by atoms with Gasteiger partial charge >= 0.3 is 0 Å². The zero-order valence-electron chi connectivity index (χ0n) is 15.5. The smallest absolute Gasteiger partial charge is 0.250 e. The highest BCUT2D eigenvalue weighted by Crippen LogP contribution is 2.21. The minimum Gasteiger partial charge on any atom is -0.351 e. The fourth-order valence-corrected chi connectivity index (χ4v) is 3.97. The molecule has 3 rings (SSSR count). The van der Waals surface area contributed by atoms with E-state index < -0.39 is 21.0 Å².